The van der Waals surface area contributed by atoms with Crippen LogP contribution in [0.15, 0.2) is 42.5 Å². The van der Waals surface area contributed by atoms with Crippen LogP contribution in [-0.4, -0.2) is 41.8 Å². The van der Waals surface area contributed by atoms with E-state index in [9.17, 15) is 10.2 Å². The summed E-state index contributed by atoms with van der Waals surface area (Å²) in [6.07, 6.45) is 11.9. The Morgan fingerprint density at radius 2 is 1.31 bits per heavy atom. The van der Waals surface area contributed by atoms with E-state index >= 15 is 0 Å². The van der Waals surface area contributed by atoms with Crippen molar-refractivity contribution in [2.45, 2.75) is 72.6 Å². The normalized spacial score (nSPS) is 11.9. The van der Waals surface area contributed by atoms with Gasteiger partial charge in [-0.25, -0.2) is 0 Å². The molecule has 0 saturated heterocycles. The molecule has 0 atom stereocenters. The average molecular weight is 545 g/mol. The van der Waals surface area contributed by atoms with Crippen LogP contribution >= 0.6 is 0 Å². The molecule has 0 aromatic heterocycles. The molecule has 0 bridgehead atoms. The maximum atomic E-state index is 9.53. The van der Waals surface area contributed by atoms with Gasteiger partial charge in [-0.2, -0.15) is 0 Å². The van der Waals surface area contributed by atoms with E-state index in [2.05, 4.69) is 51.1 Å². The molecule has 32 heavy (non-hydrogen) atoms. The minimum absolute atomic E-state index is 0.0450. The first-order valence-electron chi connectivity index (χ1n) is 12.4. The van der Waals surface area contributed by atoms with Crippen LogP contribution < -0.4 is 8.32 Å². The van der Waals surface area contributed by atoms with E-state index in [1.165, 1.54) is 61.0 Å². The number of hydrogen-bond donors (Lipinski definition) is 2. The summed E-state index contributed by atoms with van der Waals surface area (Å²) < 4.78 is 11.8. The van der Waals surface area contributed by atoms with E-state index < -0.39 is 18.4 Å². The van der Waals surface area contributed by atoms with Crippen LogP contribution in [0.4, 0.5) is 0 Å². The molecule has 0 fully saturated rings. The molecule has 3 nitrogen and oxygen atoms in total. The SMILES string of the molecule is CCC[CH2][Sn]([CH2]CCC)([CH2]CCC)[c]1cc(/C=C/c2ccc(O)cc2)ccc1OCCO. The van der Waals surface area contributed by atoms with Crippen molar-refractivity contribution in [3.05, 3.63) is 53.6 Å². The molecule has 0 amide bonds. The van der Waals surface area contributed by atoms with Crippen molar-refractivity contribution >= 4 is 34.1 Å². The van der Waals surface area contributed by atoms with Gasteiger partial charge in [0.05, 0.1) is 0 Å². The Hall–Kier alpha value is -1.46. The zero-order chi connectivity index (χ0) is 23.2. The zero-order valence-corrected chi connectivity index (χ0v) is 23.1. The third-order valence-corrected chi connectivity index (χ3v) is 21.9. The van der Waals surface area contributed by atoms with Gasteiger partial charge in [-0.05, 0) is 0 Å². The summed E-state index contributed by atoms with van der Waals surface area (Å²) in [6.45, 7) is 7.30. The number of hydrogen-bond acceptors (Lipinski definition) is 3. The van der Waals surface area contributed by atoms with Crippen LogP contribution in [0.25, 0.3) is 12.2 Å². The predicted octanol–water partition coefficient (Wildman–Crippen LogP) is 6.99. The molecule has 0 unspecified atom stereocenters. The molecule has 0 spiro atoms. The van der Waals surface area contributed by atoms with Crippen LogP contribution in [0.3, 0.4) is 0 Å². The Morgan fingerprint density at radius 3 is 1.84 bits per heavy atom. The standard InChI is InChI=1S/C16H15O3.3C4H9.Sn/c17-11-12-19-16-9-5-14(6-10-16)2-1-13-3-7-15(18)8-4-13;3*1-3-4-2;/h1-9,17-18H,11-12H2;3*1,3-4H2,2H3;/b2-1+;;;;. The van der Waals surface area contributed by atoms with Gasteiger partial charge < -0.3 is 0 Å². The third-order valence-electron chi connectivity index (χ3n) is 6.31. The summed E-state index contributed by atoms with van der Waals surface area (Å²) in [5, 5.41) is 18.9. The minimum atomic E-state index is -2.70. The quantitative estimate of drug-likeness (QED) is 0.187. The summed E-state index contributed by atoms with van der Waals surface area (Å²) in [6, 6.07) is 14.0. The fourth-order valence-electron chi connectivity index (χ4n) is 4.45. The molecule has 2 aromatic rings. The number of ether oxygens (including phenoxy) is 1. The fourth-order valence-corrected chi connectivity index (χ4v) is 21.0. The molecule has 0 radical (unpaired) electrons. The molecule has 0 saturated carbocycles. The van der Waals surface area contributed by atoms with Gasteiger partial charge in [-0.1, -0.05) is 0 Å². The Balaban J connectivity index is 2.50. The summed E-state index contributed by atoms with van der Waals surface area (Å²) in [4.78, 5) is 0. The number of benzene rings is 2. The number of phenolic OH excluding ortho intramolecular Hbond substituents is 1. The first-order valence-corrected chi connectivity index (χ1v) is 19.9. The summed E-state index contributed by atoms with van der Waals surface area (Å²) in [7, 11) is 0. The summed E-state index contributed by atoms with van der Waals surface area (Å²) in [5.74, 6) is 1.30. The second-order valence-electron chi connectivity index (χ2n) is 8.84. The number of unbranched alkanes of at least 4 members (excludes halogenated alkanes) is 3. The van der Waals surface area contributed by atoms with Crippen LogP contribution in [0.2, 0.25) is 13.3 Å². The predicted molar refractivity (Wildman–Crippen MR) is 141 cm³/mol. The number of aliphatic hydroxyl groups is 1. The van der Waals surface area contributed by atoms with Crippen molar-refractivity contribution in [2.24, 2.45) is 0 Å². The third kappa shape index (κ3) is 8.15. The van der Waals surface area contributed by atoms with Gasteiger partial charge in [-0.3, -0.25) is 0 Å². The molecular formula is C28H42O3Sn. The van der Waals surface area contributed by atoms with Crippen LogP contribution in [0, 0.1) is 0 Å². The fraction of sp³-hybridized carbons (Fsp3) is 0.500. The van der Waals surface area contributed by atoms with E-state index in [-0.39, 0.29) is 12.4 Å². The van der Waals surface area contributed by atoms with Gasteiger partial charge >= 0.3 is 200 Å². The molecule has 2 aromatic carbocycles. The molecule has 0 aliphatic heterocycles. The van der Waals surface area contributed by atoms with Crippen molar-refractivity contribution < 1.29 is 14.9 Å². The van der Waals surface area contributed by atoms with Gasteiger partial charge in [0, 0.05) is 0 Å². The Bertz CT molecular complexity index is 792. The van der Waals surface area contributed by atoms with E-state index in [0.29, 0.717) is 6.61 Å². The number of aromatic hydroxyl groups is 1. The van der Waals surface area contributed by atoms with E-state index in [4.69, 9.17) is 4.74 Å². The molecule has 0 aliphatic rings. The zero-order valence-electron chi connectivity index (χ0n) is 20.3. The molecule has 176 valence electrons. The second kappa shape index (κ2) is 14.6. The molecule has 0 aliphatic carbocycles. The van der Waals surface area contributed by atoms with Crippen molar-refractivity contribution in [2.75, 3.05) is 13.2 Å². The average Bonchev–Trinajstić information content (AvgIpc) is 2.82. The number of rotatable bonds is 15. The van der Waals surface area contributed by atoms with E-state index in [1.54, 1.807) is 12.1 Å². The van der Waals surface area contributed by atoms with Crippen LogP contribution in [0.1, 0.15) is 70.4 Å². The Labute approximate surface area is 199 Å². The van der Waals surface area contributed by atoms with Gasteiger partial charge in [0.25, 0.3) is 0 Å². The van der Waals surface area contributed by atoms with Crippen molar-refractivity contribution in [1.29, 1.82) is 0 Å². The molecule has 0 heterocycles. The summed E-state index contributed by atoms with van der Waals surface area (Å²) in [5.41, 5.74) is 2.28. The van der Waals surface area contributed by atoms with E-state index in [0.717, 1.165) is 11.3 Å². The maximum absolute atomic E-state index is 9.53. The molecule has 4 heteroatoms. The summed E-state index contributed by atoms with van der Waals surface area (Å²) >= 11 is -2.70. The van der Waals surface area contributed by atoms with Gasteiger partial charge in [-0.15, -0.1) is 0 Å². The molecule has 2 N–H and O–H groups in total. The van der Waals surface area contributed by atoms with Gasteiger partial charge in [0.15, 0.2) is 0 Å². The monoisotopic (exact) mass is 546 g/mol. The molecule has 2 rings (SSSR count). The van der Waals surface area contributed by atoms with Gasteiger partial charge in [0.1, 0.15) is 0 Å². The van der Waals surface area contributed by atoms with Crippen molar-refractivity contribution in [1.82, 2.24) is 0 Å². The molecular weight excluding hydrogens is 503 g/mol. The van der Waals surface area contributed by atoms with Crippen LogP contribution in [0.5, 0.6) is 11.5 Å². The van der Waals surface area contributed by atoms with Crippen molar-refractivity contribution in [3.63, 3.8) is 0 Å². The first-order chi connectivity index (χ1) is 15.6. The number of aliphatic hydroxyl groups excluding tert-OH is 1. The topological polar surface area (TPSA) is 49.7 Å². The van der Waals surface area contributed by atoms with Crippen LogP contribution in [-0.2, 0) is 0 Å². The first kappa shape index (κ1) is 26.8. The van der Waals surface area contributed by atoms with Gasteiger partial charge in [0.2, 0.25) is 0 Å². The van der Waals surface area contributed by atoms with Crippen molar-refractivity contribution in [3.8, 4) is 11.5 Å². The second-order valence-corrected chi connectivity index (χ2v) is 22.0. The Morgan fingerprint density at radius 1 is 0.781 bits per heavy atom. The van der Waals surface area contributed by atoms with E-state index in [1.807, 2.05) is 12.1 Å². The Kier molecular flexibility index (Phi) is 12.3. The number of phenols is 1.